The minimum Gasteiger partial charge on any atom is -0.396 e. The van der Waals surface area contributed by atoms with E-state index < -0.39 is 10.0 Å². The average Bonchev–Trinajstić information content (AvgIpc) is 2.87. The van der Waals surface area contributed by atoms with Gasteiger partial charge in [-0.2, -0.15) is 0 Å². The van der Waals surface area contributed by atoms with Crippen LogP contribution in [0.4, 0.5) is 0 Å². The standard InChI is InChI=1S/C13H24N2O3S2/c1-3-9-15(4-2)10-8-14-20(17,18)13-6-5-12(19-13)7-11-16/h5-6,14,16H,3-4,7-11H2,1-2H3. The fourth-order valence-corrected chi connectivity index (χ4v) is 4.31. The van der Waals surface area contributed by atoms with E-state index in [-0.39, 0.29) is 6.61 Å². The lowest BCUT2D eigenvalue weighted by molar-refractivity contribution is 0.293. The molecule has 1 heterocycles. The van der Waals surface area contributed by atoms with E-state index in [2.05, 4.69) is 23.5 Å². The van der Waals surface area contributed by atoms with Gasteiger partial charge < -0.3 is 10.0 Å². The number of hydrogen-bond donors (Lipinski definition) is 2. The van der Waals surface area contributed by atoms with E-state index in [0.717, 1.165) is 30.9 Å². The molecular weight excluding hydrogens is 296 g/mol. The molecule has 2 N–H and O–H groups in total. The second kappa shape index (κ2) is 8.74. The van der Waals surface area contributed by atoms with Crippen molar-refractivity contribution in [3.63, 3.8) is 0 Å². The van der Waals surface area contributed by atoms with E-state index in [1.54, 1.807) is 12.1 Å². The number of aliphatic hydroxyl groups excluding tert-OH is 1. The molecule has 5 nitrogen and oxygen atoms in total. The van der Waals surface area contributed by atoms with Crippen LogP contribution in [0.5, 0.6) is 0 Å². The van der Waals surface area contributed by atoms with Crippen LogP contribution in [0.25, 0.3) is 0 Å². The fraction of sp³-hybridized carbons (Fsp3) is 0.692. The van der Waals surface area contributed by atoms with Gasteiger partial charge >= 0.3 is 0 Å². The van der Waals surface area contributed by atoms with E-state index in [4.69, 9.17) is 5.11 Å². The lowest BCUT2D eigenvalue weighted by Crippen LogP contribution is -2.35. The largest absolute Gasteiger partial charge is 0.396 e. The first-order valence-corrected chi connectivity index (χ1v) is 9.25. The Balaban J connectivity index is 2.52. The summed E-state index contributed by atoms with van der Waals surface area (Å²) in [5.41, 5.74) is 0. The molecule has 20 heavy (non-hydrogen) atoms. The summed E-state index contributed by atoms with van der Waals surface area (Å²) in [5, 5.41) is 8.85. The summed E-state index contributed by atoms with van der Waals surface area (Å²) in [4.78, 5) is 3.10. The van der Waals surface area contributed by atoms with Crippen molar-refractivity contribution in [2.24, 2.45) is 0 Å². The molecular formula is C13H24N2O3S2. The highest BCUT2D eigenvalue weighted by Crippen LogP contribution is 2.21. The molecule has 0 aliphatic carbocycles. The van der Waals surface area contributed by atoms with Crippen LogP contribution in [0.3, 0.4) is 0 Å². The van der Waals surface area contributed by atoms with E-state index in [0.29, 0.717) is 17.2 Å². The van der Waals surface area contributed by atoms with Crippen molar-refractivity contribution in [2.45, 2.75) is 30.9 Å². The highest BCUT2D eigenvalue weighted by molar-refractivity contribution is 7.91. The number of hydrogen-bond acceptors (Lipinski definition) is 5. The van der Waals surface area contributed by atoms with Gasteiger partial charge in [-0.25, -0.2) is 13.1 Å². The Morgan fingerprint density at radius 1 is 1.30 bits per heavy atom. The molecule has 0 spiro atoms. The third kappa shape index (κ3) is 5.49. The Morgan fingerprint density at radius 2 is 2.05 bits per heavy atom. The molecule has 0 aliphatic rings. The van der Waals surface area contributed by atoms with E-state index in [1.165, 1.54) is 11.3 Å². The molecule has 1 aromatic rings. The van der Waals surface area contributed by atoms with Gasteiger partial charge in [-0.1, -0.05) is 13.8 Å². The van der Waals surface area contributed by atoms with Crippen molar-refractivity contribution >= 4 is 21.4 Å². The quantitative estimate of drug-likeness (QED) is 0.682. The van der Waals surface area contributed by atoms with Gasteiger partial charge in [0.25, 0.3) is 0 Å². The van der Waals surface area contributed by atoms with Crippen molar-refractivity contribution in [2.75, 3.05) is 32.8 Å². The zero-order valence-corrected chi connectivity index (χ0v) is 13.8. The van der Waals surface area contributed by atoms with Gasteiger partial charge in [0.1, 0.15) is 4.21 Å². The van der Waals surface area contributed by atoms with Gasteiger partial charge in [0.2, 0.25) is 10.0 Å². The Hall–Kier alpha value is -0.470. The van der Waals surface area contributed by atoms with Crippen molar-refractivity contribution < 1.29 is 13.5 Å². The van der Waals surface area contributed by atoms with Gasteiger partial charge in [0.15, 0.2) is 0 Å². The monoisotopic (exact) mass is 320 g/mol. The number of sulfonamides is 1. The fourth-order valence-electron chi connectivity index (χ4n) is 1.90. The minimum absolute atomic E-state index is 0.0376. The predicted molar refractivity (Wildman–Crippen MR) is 82.7 cm³/mol. The molecule has 0 saturated heterocycles. The molecule has 0 bridgehead atoms. The van der Waals surface area contributed by atoms with Gasteiger partial charge in [0, 0.05) is 31.0 Å². The van der Waals surface area contributed by atoms with Crippen LogP contribution >= 0.6 is 11.3 Å². The molecule has 0 radical (unpaired) electrons. The smallest absolute Gasteiger partial charge is 0.250 e. The Labute approximate surface area is 125 Å². The van der Waals surface area contributed by atoms with Crippen LogP contribution < -0.4 is 4.72 Å². The predicted octanol–water partition coefficient (Wildman–Crippen LogP) is 1.29. The maximum atomic E-state index is 12.1. The summed E-state index contributed by atoms with van der Waals surface area (Å²) in [5.74, 6) is 0. The molecule has 116 valence electrons. The highest BCUT2D eigenvalue weighted by Gasteiger charge is 2.16. The number of thiophene rings is 1. The van der Waals surface area contributed by atoms with Gasteiger partial charge in [-0.3, -0.25) is 0 Å². The molecule has 0 atom stereocenters. The molecule has 0 amide bonds. The Morgan fingerprint density at radius 3 is 2.65 bits per heavy atom. The maximum absolute atomic E-state index is 12.1. The second-order valence-corrected chi connectivity index (χ2v) is 7.69. The van der Waals surface area contributed by atoms with Gasteiger partial charge in [0.05, 0.1) is 0 Å². The second-order valence-electron chi connectivity index (χ2n) is 4.53. The van der Waals surface area contributed by atoms with E-state index in [1.807, 2.05) is 0 Å². The first kappa shape index (κ1) is 17.6. The molecule has 0 saturated carbocycles. The summed E-state index contributed by atoms with van der Waals surface area (Å²) in [6, 6.07) is 3.35. The zero-order valence-electron chi connectivity index (χ0n) is 12.1. The summed E-state index contributed by atoms with van der Waals surface area (Å²) >= 11 is 1.22. The van der Waals surface area contributed by atoms with E-state index in [9.17, 15) is 8.42 Å². The average molecular weight is 320 g/mol. The van der Waals surface area contributed by atoms with Crippen LogP contribution in [0.1, 0.15) is 25.1 Å². The van der Waals surface area contributed by atoms with Crippen LogP contribution in [-0.2, 0) is 16.4 Å². The molecule has 0 fully saturated rings. The molecule has 1 aromatic heterocycles. The minimum atomic E-state index is -3.42. The van der Waals surface area contributed by atoms with Crippen LogP contribution in [0, 0.1) is 0 Å². The normalized spacial score (nSPS) is 12.2. The lowest BCUT2D eigenvalue weighted by atomic mass is 10.4. The Kier molecular flexibility index (Phi) is 7.68. The number of nitrogens with zero attached hydrogens (tertiary/aromatic N) is 1. The third-order valence-electron chi connectivity index (χ3n) is 2.97. The lowest BCUT2D eigenvalue weighted by Gasteiger charge is -2.19. The van der Waals surface area contributed by atoms with Gasteiger partial charge in [-0.05, 0) is 31.6 Å². The number of likely N-dealkylation sites (N-methyl/N-ethyl adjacent to an activating group) is 1. The maximum Gasteiger partial charge on any atom is 0.250 e. The zero-order chi connectivity index (χ0) is 15.0. The summed E-state index contributed by atoms with van der Waals surface area (Å²) in [6.07, 6.45) is 1.57. The number of aliphatic hydroxyl groups is 1. The molecule has 0 unspecified atom stereocenters. The van der Waals surface area contributed by atoms with Crippen molar-refractivity contribution in [1.29, 1.82) is 0 Å². The third-order valence-corrected chi connectivity index (χ3v) is 6.07. The SMILES string of the molecule is CCCN(CC)CCNS(=O)(=O)c1ccc(CCO)s1. The molecule has 7 heteroatoms. The molecule has 0 aromatic carbocycles. The summed E-state index contributed by atoms with van der Waals surface area (Å²) in [7, 11) is -3.42. The molecule has 1 rings (SSSR count). The molecule has 0 aliphatic heterocycles. The first-order valence-electron chi connectivity index (χ1n) is 6.95. The number of nitrogens with one attached hydrogen (secondary N) is 1. The van der Waals surface area contributed by atoms with Crippen LogP contribution in [-0.4, -0.2) is 51.2 Å². The topological polar surface area (TPSA) is 69.6 Å². The van der Waals surface area contributed by atoms with Gasteiger partial charge in [-0.15, -0.1) is 11.3 Å². The van der Waals surface area contributed by atoms with E-state index >= 15 is 0 Å². The van der Waals surface area contributed by atoms with Crippen LogP contribution in [0.2, 0.25) is 0 Å². The summed E-state index contributed by atoms with van der Waals surface area (Å²) < 4.78 is 27.1. The highest BCUT2D eigenvalue weighted by atomic mass is 32.2. The first-order chi connectivity index (χ1) is 9.53. The Bertz CT molecular complexity index is 486. The number of rotatable bonds is 10. The van der Waals surface area contributed by atoms with Crippen molar-refractivity contribution in [1.82, 2.24) is 9.62 Å². The summed E-state index contributed by atoms with van der Waals surface area (Å²) in [6.45, 7) is 7.27. The van der Waals surface area contributed by atoms with Crippen molar-refractivity contribution in [3.05, 3.63) is 17.0 Å². The van der Waals surface area contributed by atoms with Crippen LogP contribution in [0.15, 0.2) is 16.3 Å². The van der Waals surface area contributed by atoms with Crippen molar-refractivity contribution in [3.8, 4) is 0 Å².